The van der Waals surface area contributed by atoms with Gasteiger partial charge in [0.15, 0.2) is 9.84 Å². The Morgan fingerprint density at radius 2 is 1.87 bits per heavy atom. The molecule has 0 aliphatic carbocycles. The van der Waals surface area contributed by atoms with E-state index in [0.717, 1.165) is 11.8 Å². The van der Waals surface area contributed by atoms with Crippen LogP contribution in [-0.2, 0) is 14.6 Å². The molecule has 0 aromatic heterocycles. The number of thioether (sulfide) groups is 1. The highest BCUT2D eigenvalue weighted by molar-refractivity contribution is 8.15. The van der Waals surface area contributed by atoms with Crippen molar-refractivity contribution in [1.82, 2.24) is 0 Å². The molecule has 1 aromatic carbocycles. The van der Waals surface area contributed by atoms with Crippen LogP contribution >= 0.6 is 11.8 Å². The Bertz CT molecular complexity index is 423. The maximum absolute atomic E-state index is 11.7. The topological polar surface area (TPSA) is 51.2 Å². The van der Waals surface area contributed by atoms with Crippen LogP contribution in [0.5, 0.6) is 0 Å². The maximum Gasteiger partial charge on any atom is 0.204 e. The van der Waals surface area contributed by atoms with Crippen LogP contribution in [0.4, 0.5) is 0 Å². The number of rotatable bonds is 4. The van der Waals surface area contributed by atoms with Gasteiger partial charge < -0.3 is 0 Å². The Hall–Kier alpha value is -0.810. The summed E-state index contributed by atoms with van der Waals surface area (Å²) >= 11 is 1.03. The molecule has 5 heteroatoms. The summed E-state index contributed by atoms with van der Waals surface area (Å²) in [4.78, 5) is 11.4. The summed E-state index contributed by atoms with van der Waals surface area (Å²) in [7, 11) is -3.45. The molecule has 0 saturated carbocycles. The average Bonchev–Trinajstić information content (AvgIpc) is 2.18. The van der Waals surface area contributed by atoms with Crippen LogP contribution < -0.4 is 0 Å². The van der Waals surface area contributed by atoms with Gasteiger partial charge in [0, 0.05) is 0 Å². The van der Waals surface area contributed by atoms with Crippen molar-refractivity contribution in [3.8, 4) is 0 Å². The molecule has 0 saturated heterocycles. The zero-order chi connectivity index (χ0) is 11.3. The van der Waals surface area contributed by atoms with E-state index in [1.165, 1.54) is 12.1 Å². The van der Waals surface area contributed by atoms with E-state index in [0.29, 0.717) is 5.75 Å². The van der Waals surface area contributed by atoms with E-state index < -0.39 is 15.6 Å². The van der Waals surface area contributed by atoms with Gasteiger partial charge in [-0.2, -0.15) is 0 Å². The summed E-state index contributed by atoms with van der Waals surface area (Å²) in [6.45, 7) is 1.82. The van der Waals surface area contributed by atoms with Crippen LogP contribution in [0, 0.1) is 0 Å². The van der Waals surface area contributed by atoms with E-state index in [2.05, 4.69) is 0 Å². The minimum Gasteiger partial charge on any atom is -0.286 e. The molecule has 0 heterocycles. The second-order valence-corrected chi connectivity index (χ2v) is 6.19. The standard InChI is InChI=1S/C10H12O3S2/c1-2-14-10(11)8-15(12,13)9-6-4-3-5-7-9/h3-7H,2,8H2,1H3. The number of benzene rings is 1. The van der Waals surface area contributed by atoms with Gasteiger partial charge in [-0.3, -0.25) is 4.79 Å². The Kier molecular flexibility index (Phi) is 4.35. The lowest BCUT2D eigenvalue weighted by molar-refractivity contribution is -0.108. The molecule has 0 spiro atoms. The molecule has 1 rings (SSSR count). The number of hydrogen-bond acceptors (Lipinski definition) is 4. The van der Waals surface area contributed by atoms with Gasteiger partial charge in [-0.25, -0.2) is 8.42 Å². The molecular formula is C10H12O3S2. The van der Waals surface area contributed by atoms with Crippen molar-refractivity contribution in [3.05, 3.63) is 30.3 Å². The van der Waals surface area contributed by atoms with E-state index in [4.69, 9.17) is 0 Å². The van der Waals surface area contributed by atoms with E-state index in [1.54, 1.807) is 18.2 Å². The molecule has 0 bridgehead atoms. The summed E-state index contributed by atoms with van der Waals surface area (Å²) in [5.41, 5.74) is 0. The van der Waals surface area contributed by atoms with Crippen molar-refractivity contribution in [2.75, 3.05) is 11.5 Å². The quantitative estimate of drug-likeness (QED) is 0.809. The Balaban J connectivity index is 2.81. The van der Waals surface area contributed by atoms with Crippen molar-refractivity contribution >= 4 is 26.7 Å². The highest BCUT2D eigenvalue weighted by Crippen LogP contribution is 2.13. The lowest BCUT2D eigenvalue weighted by atomic mass is 10.4. The lowest BCUT2D eigenvalue weighted by Crippen LogP contribution is -2.13. The minimum absolute atomic E-state index is 0.204. The van der Waals surface area contributed by atoms with Crippen LogP contribution in [0.25, 0.3) is 0 Å². The lowest BCUT2D eigenvalue weighted by Gasteiger charge is -2.02. The molecule has 0 aliphatic rings. The van der Waals surface area contributed by atoms with Crippen LogP contribution in [0.15, 0.2) is 35.2 Å². The molecule has 0 aliphatic heterocycles. The summed E-state index contributed by atoms with van der Waals surface area (Å²) in [6.07, 6.45) is 0. The number of carbonyl (C=O) groups excluding carboxylic acids is 1. The molecule has 0 atom stereocenters. The van der Waals surface area contributed by atoms with Crippen LogP contribution in [0.3, 0.4) is 0 Å². The van der Waals surface area contributed by atoms with E-state index in [-0.39, 0.29) is 10.0 Å². The van der Waals surface area contributed by atoms with Gasteiger partial charge in [0.2, 0.25) is 5.12 Å². The van der Waals surface area contributed by atoms with Gasteiger partial charge in [0.25, 0.3) is 0 Å². The van der Waals surface area contributed by atoms with Crippen molar-refractivity contribution in [1.29, 1.82) is 0 Å². The largest absolute Gasteiger partial charge is 0.286 e. The highest BCUT2D eigenvalue weighted by Gasteiger charge is 2.18. The van der Waals surface area contributed by atoms with Crippen molar-refractivity contribution < 1.29 is 13.2 Å². The number of hydrogen-bond donors (Lipinski definition) is 0. The van der Waals surface area contributed by atoms with Crippen LogP contribution in [0.2, 0.25) is 0 Å². The van der Waals surface area contributed by atoms with E-state index in [9.17, 15) is 13.2 Å². The molecule has 0 fully saturated rings. The predicted molar refractivity (Wildman–Crippen MR) is 61.6 cm³/mol. The third-order valence-corrected chi connectivity index (χ3v) is 4.29. The second kappa shape index (κ2) is 5.32. The van der Waals surface area contributed by atoms with Gasteiger partial charge in [0.1, 0.15) is 5.75 Å². The first-order valence-corrected chi connectivity index (χ1v) is 7.13. The van der Waals surface area contributed by atoms with Gasteiger partial charge >= 0.3 is 0 Å². The Morgan fingerprint density at radius 3 is 2.40 bits per heavy atom. The fraction of sp³-hybridized carbons (Fsp3) is 0.300. The fourth-order valence-corrected chi connectivity index (χ4v) is 3.24. The van der Waals surface area contributed by atoms with E-state index >= 15 is 0 Å². The zero-order valence-electron chi connectivity index (χ0n) is 8.34. The van der Waals surface area contributed by atoms with Gasteiger partial charge in [-0.1, -0.05) is 36.9 Å². The fourth-order valence-electron chi connectivity index (χ4n) is 1.07. The number of carbonyl (C=O) groups is 1. The summed E-state index contributed by atoms with van der Waals surface area (Å²) in [5, 5.41) is -0.304. The SMILES string of the molecule is CCSC(=O)CS(=O)(=O)c1ccccc1. The van der Waals surface area contributed by atoms with Crippen LogP contribution in [-0.4, -0.2) is 25.0 Å². The minimum atomic E-state index is -3.45. The Morgan fingerprint density at radius 1 is 1.27 bits per heavy atom. The summed E-state index contributed by atoms with van der Waals surface area (Å²) in [5.74, 6) is 0.179. The van der Waals surface area contributed by atoms with Crippen molar-refractivity contribution in [2.24, 2.45) is 0 Å². The Labute approximate surface area is 93.8 Å². The smallest absolute Gasteiger partial charge is 0.204 e. The first-order valence-electron chi connectivity index (χ1n) is 4.49. The summed E-state index contributed by atoms with van der Waals surface area (Å²) < 4.78 is 23.4. The first kappa shape index (κ1) is 12.3. The van der Waals surface area contributed by atoms with Gasteiger partial charge in [-0.05, 0) is 17.9 Å². The van der Waals surface area contributed by atoms with Gasteiger partial charge in [0.05, 0.1) is 4.90 Å². The second-order valence-electron chi connectivity index (χ2n) is 2.88. The van der Waals surface area contributed by atoms with Crippen LogP contribution in [0.1, 0.15) is 6.92 Å². The molecular weight excluding hydrogens is 232 g/mol. The van der Waals surface area contributed by atoms with Crippen molar-refractivity contribution in [3.63, 3.8) is 0 Å². The predicted octanol–water partition coefficient (Wildman–Crippen LogP) is 1.74. The van der Waals surface area contributed by atoms with E-state index in [1.807, 2.05) is 6.92 Å². The monoisotopic (exact) mass is 244 g/mol. The van der Waals surface area contributed by atoms with Crippen molar-refractivity contribution in [2.45, 2.75) is 11.8 Å². The normalized spacial score (nSPS) is 11.3. The molecule has 15 heavy (non-hydrogen) atoms. The van der Waals surface area contributed by atoms with Gasteiger partial charge in [-0.15, -0.1) is 0 Å². The first-order chi connectivity index (χ1) is 7.06. The molecule has 0 unspecified atom stereocenters. The molecule has 0 N–H and O–H groups in total. The third-order valence-electron chi connectivity index (χ3n) is 1.72. The molecule has 3 nitrogen and oxygen atoms in total. The molecule has 82 valence electrons. The molecule has 1 aromatic rings. The zero-order valence-corrected chi connectivity index (χ0v) is 9.98. The maximum atomic E-state index is 11.7. The highest BCUT2D eigenvalue weighted by atomic mass is 32.2. The third kappa shape index (κ3) is 3.68. The molecule has 0 radical (unpaired) electrons. The number of sulfone groups is 1. The summed E-state index contributed by atoms with van der Waals surface area (Å²) in [6, 6.07) is 8.02. The molecule has 0 amide bonds. The average molecular weight is 244 g/mol.